The second-order valence-electron chi connectivity index (χ2n) is 7.99. The average Bonchev–Trinajstić information content (AvgIpc) is 2.78. The van der Waals surface area contributed by atoms with Gasteiger partial charge in [0.05, 0.1) is 17.8 Å². The third-order valence-electron chi connectivity index (χ3n) is 5.53. The van der Waals surface area contributed by atoms with Gasteiger partial charge < -0.3 is 10.6 Å². The van der Waals surface area contributed by atoms with Crippen LogP contribution in [0.5, 0.6) is 0 Å². The van der Waals surface area contributed by atoms with E-state index in [1.54, 1.807) is 42.5 Å². The standard InChI is InChI=1S/C26H24N2O3/c1-16(2)24(17-9-4-3-5-10-17)27-15-22(29)28-21-14-8-13-20-23(21)26(31)19-12-7-6-11-18(19)25(20)30/h3-14,16,24,27H,15H2,1-2H3,(H,28,29)/t24-/m1/s1. The minimum Gasteiger partial charge on any atom is -0.324 e. The smallest absolute Gasteiger partial charge is 0.238 e. The Morgan fingerprint density at radius 1 is 0.774 bits per heavy atom. The predicted octanol–water partition coefficient (Wildman–Crippen LogP) is 4.39. The van der Waals surface area contributed by atoms with Crippen molar-refractivity contribution in [1.29, 1.82) is 0 Å². The molecule has 31 heavy (non-hydrogen) atoms. The molecule has 3 aromatic rings. The number of amides is 1. The number of ketones is 2. The van der Waals surface area contributed by atoms with E-state index in [0.717, 1.165) is 5.56 Å². The zero-order valence-electron chi connectivity index (χ0n) is 17.5. The van der Waals surface area contributed by atoms with Crippen LogP contribution >= 0.6 is 0 Å². The molecule has 4 rings (SSSR count). The maximum Gasteiger partial charge on any atom is 0.238 e. The Bertz CT molecular complexity index is 1150. The fourth-order valence-electron chi connectivity index (χ4n) is 4.05. The van der Waals surface area contributed by atoms with Crippen LogP contribution in [0.1, 0.15) is 57.3 Å². The third-order valence-corrected chi connectivity index (χ3v) is 5.53. The van der Waals surface area contributed by atoms with Crippen LogP contribution < -0.4 is 10.6 Å². The fourth-order valence-corrected chi connectivity index (χ4v) is 4.05. The summed E-state index contributed by atoms with van der Waals surface area (Å²) in [4.78, 5) is 38.7. The van der Waals surface area contributed by atoms with Crippen LogP contribution in [0.2, 0.25) is 0 Å². The second-order valence-corrected chi connectivity index (χ2v) is 7.99. The van der Waals surface area contributed by atoms with E-state index in [1.807, 2.05) is 30.3 Å². The van der Waals surface area contributed by atoms with Crippen LogP contribution in [0, 0.1) is 5.92 Å². The van der Waals surface area contributed by atoms with Crippen molar-refractivity contribution in [2.45, 2.75) is 19.9 Å². The summed E-state index contributed by atoms with van der Waals surface area (Å²) in [6, 6.07) is 21.7. The quantitative estimate of drug-likeness (QED) is 0.493. The van der Waals surface area contributed by atoms with Crippen LogP contribution in [0.25, 0.3) is 0 Å². The Labute approximate surface area is 181 Å². The molecule has 0 fully saturated rings. The molecule has 0 spiro atoms. The monoisotopic (exact) mass is 412 g/mol. The first-order valence-electron chi connectivity index (χ1n) is 10.4. The van der Waals surface area contributed by atoms with Gasteiger partial charge >= 0.3 is 0 Å². The summed E-state index contributed by atoms with van der Waals surface area (Å²) in [6.45, 7) is 4.27. The number of hydrogen-bond donors (Lipinski definition) is 2. The lowest BCUT2D eigenvalue weighted by Crippen LogP contribution is -2.34. The van der Waals surface area contributed by atoms with Crippen molar-refractivity contribution in [3.05, 3.63) is 101 Å². The fraction of sp³-hybridized carbons (Fsp3) is 0.192. The van der Waals surface area contributed by atoms with E-state index in [4.69, 9.17) is 0 Å². The summed E-state index contributed by atoms with van der Waals surface area (Å²) in [5.74, 6) is -0.439. The van der Waals surface area contributed by atoms with Crippen LogP contribution in [-0.4, -0.2) is 24.0 Å². The summed E-state index contributed by atoms with van der Waals surface area (Å²) in [5.41, 5.74) is 2.80. The lowest BCUT2D eigenvalue weighted by atomic mass is 9.83. The highest BCUT2D eigenvalue weighted by atomic mass is 16.2. The van der Waals surface area contributed by atoms with E-state index in [0.29, 0.717) is 22.4 Å². The van der Waals surface area contributed by atoms with Crippen LogP contribution in [0.4, 0.5) is 5.69 Å². The molecule has 5 heteroatoms. The minimum atomic E-state index is -0.269. The molecule has 0 saturated heterocycles. The van der Waals surface area contributed by atoms with Crippen LogP contribution in [0.3, 0.4) is 0 Å². The average molecular weight is 412 g/mol. The highest BCUT2D eigenvalue weighted by molar-refractivity contribution is 6.30. The minimum absolute atomic E-state index is 0.0201. The normalized spacial score (nSPS) is 13.5. The van der Waals surface area contributed by atoms with Gasteiger partial charge in [0.1, 0.15) is 0 Å². The molecule has 0 aromatic heterocycles. The number of carbonyl (C=O) groups excluding carboxylic acids is 3. The maximum absolute atomic E-state index is 13.1. The Kier molecular flexibility index (Phi) is 5.78. The molecule has 0 saturated carbocycles. The van der Waals surface area contributed by atoms with Crippen LogP contribution in [-0.2, 0) is 4.79 Å². The van der Waals surface area contributed by atoms with Crippen LogP contribution in [0.15, 0.2) is 72.8 Å². The van der Waals surface area contributed by atoms with Crippen molar-refractivity contribution in [3.63, 3.8) is 0 Å². The summed E-state index contributed by atoms with van der Waals surface area (Å²) < 4.78 is 0. The highest BCUT2D eigenvalue weighted by Gasteiger charge is 2.31. The van der Waals surface area contributed by atoms with Gasteiger partial charge in [0.15, 0.2) is 11.6 Å². The number of benzene rings is 3. The van der Waals surface area contributed by atoms with Gasteiger partial charge in [-0.1, -0.05) is 80.6 Å². The van der Waals surface area contributed by atoms with Gasteiger partial charge in [-0.3, -0.25) is 14.4 Å². The predicted molar refractivity (Wildman–Crippen MR) is 120 cm³/mol. The van der Waals surface area contributed by atoms with Gasteiger partial charge in [0, 0.05) is 22.7 Å². The molecular formula is C26H24N2O3. The molecule has 0 bridgehead atoms. The number of anilines is 1. The Morgan fingerprint density at radius 3 is 2.06 bits per heavy atom. The summed E-state index contributed by atoms with van der Waals surface area (Å²) in [6.07, 6.45) is 0. The van der Waals surface area contributed by atoms with Gasteiger partial charge in [-0.2, -0.15) is 0 Å². The van der Waals surface area contributed by atoms with Crippen molar-refractivity contribution >= 4 is 23.2 Å². The first-order chi connectivity index (χ1) is 15.0. The Hall–Kier alpha value is -3.57. The molecule has 1 aliphatic rings. The van der Waals surface area contributed by atoms with E-state index >= 15 is 0 Å². The number of rotatable bonds is 6. The van der Waals surface area contributed by atoms with E-state index in [9.17, 15) is 14.4 Å². The Balaban J connectivity index is 1.54. The number of carbonyl (C=O) groups is 3. The van der Waals surface area contributed by atoms with Gasteiger partial charge in [0.2, 0.25) is 5.91 Å². The molecule has 1 aliphatic carbocycles. The molecule has 0 aliphatic heterocycles. The molecule has 5 nitrogen and oxygen atoms in total. The summed E-state index contributed by atoms with van der Waals surface area (Å²) in [7, 11) is 0. The SMILES string of the molecule is CC(C)[C@@H](NCC(=O)Nc1cccc2c1C(=O)c1ccccc1C2=O)c1ccccc1. The zero-order chi connectivity index (χ0) is 22.0. The third kappa shape index (κ3) is 4.05. The maximum atomic E-state index is 13.1. The van der Waals surface area contributed by atoms with E-state index in [2.05, 4.69) is 24.5 Å². The highest BCUT2D eigenvalue weighted by Crippen LogP contribution is 2.32. The molecule has 1 atom stereocenters. The number of fused-ring (bicyclic) bond motifs is 2. The van der Waals surface area contributed by atoms with Crippen molar-refractivity contribution in [2.75, 3.05) is 11.9 Å². The first kappa shape index (κ1) is 20.7. The molecule has 1 amide bonds. The second kappa shape index (κ2) is 8.66. The van der Waals surface area contributed by atoms with Gasteiger partial charge in [-0.25, -0.2) is 0 Å². The number of nitrogens with one attached hydrogen (secondary N) is 2. The molecule has 0 unspecified atom stereocenters. The topological polar surface area (TPSA) is 75.3 Å². The molecule has 3 aromatic carbocycles. The van der Waals surface area contributed by atoms with E-state index < -0.39 is 0 Å². The van der Waals surface area contributed by atoms with Crippen molar-refractivity contribution in [1.82, 2.24) is 5.32 Å². The van der Waals surface area contributed by atoms with Crippen molar-refractivity contribution < 1.29 is 14.4 Å². The molecule has 0 radical (unpaired) electrons. The molecule has 2 N–H and O–H groups in total. The lowest BCUT2D eigenvalue weighted by Gasteiger charge is -2.23. The largest absolute Gasteiger partial charge is 0.324 e. The Morgan fingerprint density at radius 2 is 1.39 bits per heavy atom. The summed E-state index contributed by atoms with van der Waals surface area (Å²) >= 11 is 0. The van der Waals surface area contributed by atoms with Gasteiger partial charge in [-0.05, 0) is 17.5 Å². The lowest BCUT2D eigenvalue weighted by molar-refractivity contribution is -0.115. The number of hydrogen-bond acceptors (Lipinski definition) is 4. The summed E-state index contributed by atoms with van der Waals surface area (Å²) in [5, 5.41) is 6.13. The van der Waals surface area contributed by atoms with Gasteiger partial charge in [-0.15, -0.1) is 0 Å². The van der Waals surface area contributed by atoms with Crippen molar-refractivity contribution in [3.8, 4) is 0 Å². The van der Waals surface area contributed by atoms with E-state index in [1.165, 1.54) is 0 Å². The zero-order valence-corrected chi connectivity index (χ0v) is 17.5. The molecular weight excluding hydrogens is 388 g/mol. The molecule has 156 valence electrons. The van der Waals surface area contributed by atoms with Crippen molar-refractivity contribution in [2.24, 2.45) is 5.92 Å². The first-order valence-corrected chi connectivity index (χ1v) is 10.4. The van der Waals surface area contributed by atoms with Gasteiger partial charge in [0.25, 0.3) is 0 Å². The van der Waals surface area contributed by atoms with E-state index in [-0.39, 0.29) is 41.5 Å². The molecule has 0 heterocycles.